The van der Waals surface area contributed by atoms with Gasteiger partial charge in [-0.2, -0.15) is 13.6 Å². The fourth-order valence-corrected chi connectivity index (χ4v) is 15.2. The number of rotatable bonds is 22. The van der Waals surface area contributed by atoms with E-state index in [0.717, 1.165) is 36.2 Å². The van der Waals surface area contributed by atoms with Crippen LogP contribution in [0.15, 0.2) is 65.2 Å². The predicted octanol–water partition coefficient (Wildman–Crippen LogP) is -2.89. The molecule has 4 unspecified atom stereocenters. The fraction of sp³-hybridized carbons (Fsp3) is 0.463. The summed E-state index contributed by atoms with van der Waals surface area (Å²) in [6.45, 7) is -3.69. The number of aliphatic hydroxyl groups is 3. The average molecular weight is 1280 g/mol. The molecule has 1 aromatic carbocycles. The number of anilines is 3. The number of nitrogens with one attached hydrogen (secondary N) is 4. The number of phosphoric ester groups is 2. The van der Waals surface area contributed by atoms with Crippen LogP contribution in [0, 0.1) is 5.92 Å². The van der Waals surface area contributed by atoms with Crippen LogP contribution in [0.5, 0.6) is 0 Å². The molecule has 16 atom stereocenters. The highest BCUT2D eigenvalue weighted by molar-refractivity contribution is 7.66. The van der Waals surface area contributed by atoms with Crippen LogP contribution in [-0.2, 0) is 73.0 Å². The van der Waals surface area contributed by atoms with Crippen molar-refractivity contribution < 1.29 is 104 Å². The van der Waals surface area contributed by atoms with Crippen molar-refractivity contribution in [3.05, 3.63) is 81.9 Å². The fourth-order valence-electron chi connectivity index (χ4n) is 9.88. The number of carbonyl (C=O) groups is 1. The number of nitrogen functional groups attached to an aromatic ring is 3. The van der Waals surface area contributed by atoms with Gasteiger partial charge >= 0.3 is 42.7 Å². The van der Waals surface area contributed by atoms with Gasteiger partial charge in [-0.3, -0.25) is 46.9 Å². The average Bonchev–Trinajstić information content (AvgIpc) is 4.51. The van der Waals surface area contributed by atoms with Crippen molar-refractivity contribution in [1.82, 2.24) is 64.2 Å². The predicted molar refractivity (Wildman–Crippen MR) is 282 cm³/mol. The Kier molecular flexibility index (Phi) is 17.3. The summed E-state index contributed by atoms with van der Waals surface area (Å²) in [4.78, 5) is 111. The number of fused-ring (bicyclic) bond motifs is 3. The number of methoxy groups -OCH3 is 1. The van der Waals surface area contributed by atoms with E-state index >= 15 is 0 Å². The van der Waals surface area contributed by atoms with E-state index in [2.05, 4.69) is 59.1 Å². The van der Waals surface area contributed by atoms with E-state index in [0.29, 0.717) is 0 Å². The van der Waals surface area contributed by atoms with E-state index in [4.69, 9.17) is 49.7 Å². The maximum Gasteiger partial charge on any atom is 0.490 e. The highest BCUT2D eigenvalue weighted by Crippen LogP contribution is 2.68. The molecule has 17 N–H and O–H groups in total. The van der Waals surface area contributed by atoms with Gasteiger partial charge in [-0.15, -0.1) is 0 Å². The number of nitrogens with two attached hydrogens (primary N) is 3. The minimum atomic E-state index is -6.28. The molecule has 9 heterocycles. The molecule has 0 saturated carbocycles. The first-order chi connectivity index (χ1) is 40.1. The van der Waals surface area contributed by atoms with Crippen LogP contribution in [0.2, 0.25) is 0 Å². The molecule has 44 heteroatoms. The molecule has 10 rings (SSSR count). The van der Waals surface area contributed by atoms with Gasteiger partial charge in [0.25, 0.3) is 17.1 Å². The van der Waals surface area contributed by atoms with Crippen LogP contribution in [-0.4, -0.2) is 176 Å². The molecule has 3 saturated heterocycles. The maximum atomic E-state index is 14.5. The molecule has 0 radical (unpaired) electrons. The number of aliphatic hydroxyl groups excluding tert-OH is 3. The Balaban J connectivity index is 0.826. The van der Waals surface area contributed by atoms with Gasteiger partial charge in [0.15, 0.2) is 41.4 Å². The van der Waals surface area contributed by atoms with Gasteiger partial charge in [0.2, 0.25) is 17.7 Å². The molecule has 0 bridgehead atoms. The SMILES string of the molecule is CO[C@@H]1[C@H](P(=O)(O)OC[C@H]2O[C@@H](n3cnc4c(=O)[nH]c(N)nc43)[C@H](O)[C@@H]2O)[C@@H](COP(=O)(O)OP(=O)(O)OP(=O)(O)OC[C@H]2O[C@@H]([n+]3cn(C)c4c(=O)[nH]c(N)nc43)[C@H](O)[C@@H]2CNC(=O)NCc2ccccc2)O[C@H]1n1cnc2c(N)ncnc21. The van der Waals surface area contributed by atoms with Crippen LogP contribution in [0.25, 0.3) is 33.5 Å². The number of amides is 2. The summed E-state index contributed by atoms with van der Waals surface area (Å²) in [5.74, 6) is -1.97. The molecule has 0 aliphatic carbocycles. The first-order valence-electron chi connectivity index (χ1n) is 24.8. The van der Waals surface area contributed by atoms with E-state index in [-0.39, 0.29) is 57.8 Å². The number of aromatic amines is 2. The van der Waals surface area contributed by atoms with Gasteiger partial charge in [-0.25, -0.2) is 43.0 Å². The molecule has 40 nitrogen and oxygen atoms in total. The number of imidazole rings is 3. The molecule has 3 aliphatic heterocycles. The summed E-state index contributed by atoms with van der Waals surface area (Å²) in [7, 11) is -21.0. The Morgan fingerprint density at radius 2 is 1.35 bits per heavy atom. The van der Waals surface area contributed by atoms with Gasteiger partial charge in [0.1, 0.15) is 54.1 Å². The summed E-state index contributed by atoms with van der Waals surface area (Å²) < 4.78 is 107. The number of aryl methyl sites for hydroxylation is 1. The second kappa shape index (κ2) is 23.9. The monoisotopic (exact) mass is 1280 g/mol. The zero-order valence-electron chi connectivity index (χ0n) is 43.8. The molecular formula is C41H54N17O23P4+. The number of hydrogen-bond donors (Lipinski definition) is 14. The van der Waals surface area contributed by atoms with Crippen molar-refractivity contribution in [2.24, 2.45) is 13.0 Å². The van der Waals surface area contributed by atoms with E-state index in [1.54, 1.807) is 30.3 Å². The van der Waals surface area contributed by atoms with Crippen molar-refractivity contribution in [3.63, 3.8) is 0 Å². The lowest BCUT2D eigenvalue weighted by molar-refractivity contribution is -0.745. The first-order valence-corrected chi connectivity index (χ1v) is 31.0. The Hall–Kier alpha value is -6.58. The number of benzene rings is 1. The van der Waals surface area contributed by atoms with Gasteiger partial charge in [0.05, 0.1) is 45.6 Å². The summed E-state index contributed by atoms with van der Waals surface area (Å²) in [6, 6.07) is 8.06. The standard InChI is InChI=1S/C41H53N17O23P4/c1-55-16-58(33-24(55)35(63)54-40(44)52-33)36-25(59)18(9-46-41(64)45-8-17-6-4-3-5-7-17)19(77-36)10-75-83(67,68)80-85(71,72)81-84(69,70)76-12-21-29(28(73-2)38(79-21)56-14-49-22-30(42)47-13-48-31(22)56)82(65,66)74-11-20-26(60)27(61)37(78-20)57-15-50-23-32(57)51-39(43)53-34(23)62/h3-7,13-16,18-21,25-29,36-38,59-61H,8-12H2,1-2H3,(H13-,42,43,44,45,46,47,48,51,52,53,54,62,63,64,65,66,67,68,69,70,71,72)/p+1/t18-,19-,20-,21-,25-,26-,27-,28-,29-,36-,37-,38-/m1/s1. The van der Waals surface area contributed by atoms with Gasteiger partial charge in [-0.1, -0.05) is 35.3 Å². The van der Waals surface area contributed by atoms with Crippen molar-refractivity contribution in [2.45, 2.75) is 73.6 Å². The number of urea groups is 1. The number of nitrogens with zero attached hydrogens (tertiary/aromatic N) is 10. The summed E-state index contributed by atoms with van der Waals surface area (Å²) in [5, 5.41) is 38.9. The minimum absolute atomic E-state index is 0.0134. The molecule has 3 fully saturated rings. The molecule has 460 valence electrons. The maximum absolute atomic E-state index is 14.5. The second-order valence-electron chi connectivity index (χ2n) is 19.2. The van der Waals surface area contributed by atoms with Gasteiger partial charge in [0, 0.05) is 26.1 Å². The molecule has 2 amide bonds. The number of H-pyrrole nitrogens is 2. The van der Waals surface area contributed by atoms with Crippen molar-refractivity contribution in [1.29, 1.82) is 0 Å². The lowest BCUT2D eigenvalue weighted by Gasteiger charge is -2.28. The van der Waals surface area contributed by atoms with E-state index in [9.17, 15) is 67.5 Å². The zero-order valence-corrected chi connectivity index (χ0v) is 47.4. The van der Waals surface area contributed by atoms with Gasteiger partial charge < -0.3 is 86.2 Å². The third-order valence-corrected chi connectivity index (χ3v) is 19.9. The second-order valence-corrected chi connectivity index (χ2v) is 25.8. The van der Waals surface area contributed by atoms with Crippen LogP contribution < -0.4 is 43.5 Å². The third kappa shape index (κ3) is 12.8. The number of ether oxygens (including phenoxy) is 4. The summed E-state index contributed by atoms with van der Waals surface area (Å²) in [6.07, 6.45) is -11.9. The Morgan fingerprint density at radius 1 is 0.729 bits per heavy atom. The largest absolute Gasteiger partial charge is 0.490 e. The quantitative estimate of drug-likeness (QED) is 0.0239. The van der Waals surface area contributed by atoms with Crippen molar-refractivity contribution >= 4 is 88.3 Å². The van der Waals surface area contributed by atoms with Gasteiger partial charge in [-0.05, 0) is 5.56 Å². The molecule has 3 aliphatic rings. The number of hydrogen-bond acceptors (Lipinski definition) is 28. The topological polar surface area (TPSA) is 574 Å². The normalized spacial score (nSPS) is 28.1. The molecule has 0 spiro atoms. The molecular weight excluding hydrogens is 1220 g/mol. The number of aromatic nitrogens is 12. The Morgan fingerprint density at radius 3 is 2.05 bits per heavy atom. The third-order valence-electron chi connectivity index (χ3n) is 13.7. The lowest BCUT2D eigenvalue weighted by atomic mass is 9.98. The first kappa shape index (κ1) is 61.5. The van der Waals surface area contributed by atoms with E-state index in [1.165, 1.54) is 27.1 Å². The molecule has 7 aromatic rings. The summed E-state index contributed by atoms with van der Waals surface area (Å²) in [5.41, 5.74) is 14.4. The van der Waals surface area contributed by atoms with Crippen molar-refractivity contribution in [2.75, 3.05) is 50.7 Å². The molecule has 6 aromatic heterocycles. The van der Waals surface area contributed by atoms with E-state index < -0.39 is 148 Å². The Bertz CT molecular complexity index is 3970. The molecule has 85 heavy (non-hydrogen) atoms. The number of carbonyl (C=O) groups excluding carboxylic acids is 1. The Labute approximate surface area is 474 Å². The van der Waals surface area contributed by atoms with Crippen molar-refractivity contribution in [3.8, 4) is 0 Å². The highest BCUT2D eigenvalue weighted by atomic mass is 31.3. The lowest BCUT2D eigenvalue weighted by Crippen LogP contribution is -2.47. The zero-order chi connectivity index (χ0) is 61.1. The van der Waals surface area contributed by atoms with Crippen LogP contribution >= 0.6 is 31.1 Å². The van der Waals surface area contributed by atoms with Crippen LogP contribution in [0.4, 0.5) is 22.5 Å². The minimum Gasteiger partial charge on any atom is -0.387 e. The van der Waals surface area contributed by atoms with Crippen LogP contribution in [0.3, 0.4) is 0 Å². The highest BCUT2D eigenvalue weighted by Gasteiger charge is 2.58. The summed E-state index contributed by atoms with van der Waals surface area (Å²) >= 11 is 0. The van der Waals surface area contributed by atoms with E-state index in [1.807, 2.05) is 0 Å². The van der Waals surface area contributed by atoms with Crippen LogP contribution in [0.1, 0.15) is 24.2 Å². The smallest absolute Gasteiger partial charge is 0.387 e. The number of phosphoric acid groups is 3.